The van der Waals surface area contributed by atoms with Crippen LogP contribution in [0.4, 0.5) is 0 Å². The van der Waals surface area contributed by atoms with Gasteiger partial charge in [-0.3, -0.25) is 9.59 Å². The van der Waals surface area contributed by atoms with Crippen LogP contribution in [0.25, 0.3) is 0 Å². The van der Waals surface area contributed by atoms with Crippen LogP contribution in [0.5, 0.6) is 0 Å². The van der Waals surface area contributed by atoms with Crippen LogP contribution in [0, 0.1) is 11.8 Å². The van der Waals surface area contributed by atoms with Crippen LogP contribution < -0.4 is 5.32 Å². The lowest BCUT2D eigenvalue weighted by Gasteiger charge is -2.19. The summed E-state index contributed by atoms with van der Waals surface area (Å²) in [6.07, 6.45) is 0.00582. The Labute approximate surface area is 113 Å². The molecular weight excluding hydrogens is 250 g/mol. The van der Waals surface area contributed by atoms with Crippen molar-refractivity contribution in [1.82, 2.24) is 5.32 Å². The average molecular weight is 273 g/mol. The van der Waals surface area contributed by atoms with Crippen molar-refractivity contribution in [2.75, 3.05) is 6.61 Å². The highest BCUT2D eigenvalue weighted by molar-refractivity contribution is 5.85. The fraction of sp³-hybridized carbons (Fsp3) is 0.769. The van der Waals surface area contributed by atoms with E-state index in [-0.39, 0.29) is 37.2 Å². The SMILES string of the molecule is CCOC(=O)CC[C@H](NC(=O)C(C)C(C)C)C(=O)O. The zero-order chi connectivity index (χ0) is 15.0. The summed E-state index contributed by atoms with van der Waals surface area (Å²) in [6, 6.07) is -1.06. The number of ether oxygens (including phenoxy) is 1. The Kier molecular flexibility index (Phi) is 7.79. The topological polar surface area (TPSA) is 92.7 Å². The number of rotatable bonds is 8. The number of amides is 1. The number of hydrogen-bond donors (Lipinski definition) is 2. The van der Waals surface area contributed by atoms with E-state index in [1.54, 1.807) is 13.8 Å². The molecule has 1 amide bonds. The Bertz CT molecular complexity index is 327. The average Bonchev–Trinajstić information content (AvgIpc) is 2.32. The van der Waals surface area contributed by atoms with Gasteiger partial charge in [0.2, 0.25) is 5.91 Å². The number of esters is 1. The van der Waals surface area contributed by atoms with Crippen LogP contribution in [0.15, 0.2) is 0 Å². The third-order valence-corrected chi connectivity index (χ3v) is 2.97. The summed E-state index contributed by atoms with van der Waals surface area (Å²) in [5, 5.41) is 11.5. The minimum atomic E-state index is -1.14. The first kappa shape index (κ1) is 17.4. The highest BCUT2D eigenvalue weighted by Crippen LogP contribution is 2.10. The molecule has 0 spiro atoms. The predicted molar refractivity (Wildman–Crippen MR) is 69.4 cm³/mol. The standard InChI is InChI=1S/C13H23NO5/c1-5-19-11(15)7-6-10(13(17)18)14-12(16)9(4)8(2)3/h8-10H,5-7H2,1-4H3,(H,14,16)(H,17,18)/t9?,10-/m0/s1. The van der Waals surface area contributed by atoms with Gasteiger partial charge in [-0.1, -0.05) is 20.8 Å². The molecule has 6 heteroatoms. The molecule has 0 saturated carbocycles. The molecule has 0 aromatic carbocycles. The lowest BCUT2D eigenvalue weighted by Crippen LogP contribution is -2.44. The maximum atomic E-state index is 11.8. The number of carbonyl (C=O) groups excluding carboxylic acids is 2. The number of aliphatic carboxylic acids is 1. The Morgan fingerprint density at radius 1 is 1.21 bits per heavy atom. The Hall–Kier alpha value is -1.59. The second-order valence-corrected chi connectivity index (χ2v) is 4.78. The normalized spacial score (nSPS) is 13.7. The molecular formula is C13H23NO5. The molecule has 6 nitrogen and oxygen atoms in total. The van der Waals surface area contributed by atoms with Gasteiger partial charge in [-0.05, 0) is 19.3 Å². The van der Waals surface area contributed by atoms with E-state index >= 15 is 0 Å². The van der Waals surface area contributed by atoms with Gasteiger partial charge in [0.05, 0.1) is 6.61 Å². The van der Waals surface area contributed by atoms with Crippen molar-refractivity contribution in [3.63, 3.8) is 0 Å². The van der Waals surface area contributed by atoms with E-state index in [1.807, 2.05) is 13.8 Å². The Balaban J connectivity index is 4.38. The molecule has 0 heterocycles. The summed E-state index contributed by atoms with van der Waals surface area (Å²) in [7, 11) is 0. The molecule has 0 radical (unpaired) electrons. The fourth-order valence-electron chi connectivity index (χ4n) is 1.36. The Morgan fingerprint density at radius 2 is 1.79 bits per heavy atom. The van der Waals surface area contributed by atoms with Crippen LogP contribution >= 0.6 is 0 Å². The van der Waals surface area contributed by atoms with Gasteiger partial charge >= 0.3 is 11.9 Å². The van der Waals surface area contributed by atoms with Gasteiger partial charge in [0.15, 0.2) is 0 Å². The molecule has 0 aliphatic rings. The third kappa shape index (κ3) is 6.79. The predicted octanol–water partition coefficient (Wildman–Crippen LogP) is 1.19. The molecule has 0 aromatic heterocycles. The minimum absolute atomic E-state index is 0.0266. The van der Waals surface area contributed by atoms with Gasteiger partial charge in [0, 0.05) is 12.3 Å². The van der Waals surface area contributed by atoms with Crippen molar-refractivity contribution < 1.29 is 24.2 Å². The first-order valence-corrected chi connectivity index (χ1v) is 6.48. The van der Waals surface area contributed by atoms with Crippen molar-refractivity contribution in [2.24, 2.45) is 11.8 Å². The van der Waals surface area contributed by atoms with Crippen LogP contribution in [-0.2, 0) is 19.1 Å². The molecule has 0 fully saturated rings. The molecule has 0 aliphatic carbocycles. The summed E-state index contributed by atoms with van der Waals surface area (Å²) in [5.41, 5.74) is 0. The van der Waals surface area contributed by atoms with Gasteiger partial charge in [0.25, 0.3) is 0 Å². The summed E-state index contributed by atoms with van der Waals surface area (Å²) < 4.78 is 4.72. The van der Waals surface area contributed by atoms with E-state index in [2.05, 4.69) is 5.32 Å². The van der Waals surface area contributed by atoms with E-state index in [4.69, 9.17) is 9.84 Å². The number of carbonyl (C=O) groups is 3. The van der Waals surface area contributed by atoms with E-state index in [0.29, 0.717) is 0 Å². The van der Waals surface area contributed by atoms with Crippen LogP contribution in [0.1, 0.15) is 40.5 Å². The number of carboxylic acid groups (broad SMARTS) is 1. The van der Waals surface area contributed by atoms with Crippen molar-refractivity contribution >= 4 is 17.8 Å². The molecule has 19 heavy (non-hydrogen) atoms. The lowest BCUT2D eigenvalue weighted by atomic mass is 9.96. The molecule has 0 saturated heterocycles. The minimum Gasteiger partial charge on any atom is -0.480 e. The first-order chi connectivity index (χ1) is 8.79. The molecule has 0 aliphatic heterocycles. The summed E-state index contributed by atoms with van der Waals surface area (Å²) >= 11 is 0. The van der Waals surface area contributed by atoms with E-state index in [1.165, 1.54) is 0 Å². The van der Waals surface area contributed by atoms with Crippen LogP contribution in [-0.4, -0.2) is 35.6 Å². The summed E-state index contributed by atoms with van der Waals surface area (Å²) in [6.45, 7) is 7.45. The van der Waals surface area contributed by atoms with Crippen molar-refractivity contribution in [1.29, 1.82) is 0 Å². The maximum absolute atomic E-state index is 11.8. The first-order valence-electron chi connectivity index (χ1n) is 6.48. The maximum Gasteiger partial charge on any atom is 0.326 e. The highest BCUT2D eigenvalue weighted by atomic mass is 16.5. The van der Waals surface area contributed by atoms with Gasteiger partial charge in [0.1, 0.15) is 6.04 Å². The van der Waals surface area contributed by atoms with E-state index in [0.717, 1.165) is 0 Å². The zero-order valence-electron chi connectivity index (χ0n) is 11.9. The highest BCUT2D eigenvalue weighted by Gasteiger charge is 2.25. The fourth-order valence-corrected chi connectivity index (χ4v) is 1.36. The third-order valence-electron chi connectivity index (χ3n) is 2.97. The van der Waals surface area contributed by atoms with Gasteiger partial charge in [-0.15, -0.1) is 0 Å². The Morgan fingerprint density at radius 3 is 2.21 bits per heavy atom. The van der Waals surface area contributed by atoms with Crippen molar-refractivity contribution in [3.8, 4) is 0 Å². The van der Waals surface area contributed by atoms with Crippen LogP contribution in [0.3, 0.4) is 0 Å². The van der Waals surface area contributed by atoms with Crippen LogP contribution in [0.2, 0.25) is 0 Å². The second kappa shape index (κ2) is 8.50. The monoisotopic (exact) mass is 273 g/mol. The second-order valence-electron chi connectivity index (χ2n) is 4.78. The molecule has 0 aromatic rings. The van der Waals surface area contributed by atoms with Gasteiger partial charge < -0.3 is 15.2 Å². The zero-order valence-corrected chi connectivity index (χ0v) is 11.9. The summed E-state index contributed by atoms with van der Waals surface area (Å²) in [5.74, 6) is -2.07. The van der Waals surface area contributed by atoms with Gasteiger partial charge in [-0.25, -0.2) is 4.79 Å². The number of nitrogens with one attached hydrogen (secondary N) is 1. The molecule has 2 atom stereocenters. The molecule has 0 rings (SSSR count). The lowest BCUT2D eigenvalue weighted by molar-refractivity contribution is -0.145. The number of carboxylic acids is 1. The van der Waals surface area contributed by atoms with E-state index in [9.17, 15) is 14.4 Å². The smallest absolute Gasteiger partial charge is 0.326 e. The quantitative estimate of drug-likeness (QED) is 0.648. The summed E-state index contributed by atoms with van der Waals surface area (Å²) in [4.78, 5) is 34.0. The van der Waals surface area contributed by atoms with Crippen molar-refractivity contribution in [3.05, 3.63) is 0 Å². The molecule has 0 bridgehead atoms. The van der Waals surface area contributed by atoms with Gasteiger partial charge in [-0.2, -0.15) is 0 Å². The van der Waals surface area contributed by atoms with Crippen molar-refractivity contribution in [2.45, 2.75) is 46.6 Å². The molecule has 1 unspecified atom stereocenters. The molecule has 2 N–H and O–H groups in total. The van der Waals surface area contributed by atoms with E-state index < -0.39 is 18.0 Å². The number of hydrogen-bond acceptors (Lipinski definition) is 4. The largest absolute Gasteiger partial charge is 0.480 e. The molecule has 110 valence electrons.